The Kier molecular flexibility index (Phi) is 3.80. The van der Waals surface area contributed by atoms with Crippen molar-refractivity contribution in [2.75, 3.05) is 26.2 Å². The van der Waals surface area contributed by atoms with Gasteiger partial charge in [-0.15, -0.1) is 11.3 Å². The topological polar surface area (TPSA) is 32.3 Å². The third kappa shape index (κ3) is 2.62. The van der Waals surface area contributed by atoms with E-state index in [1.54, 1.807) is 11.3 Å². The van der Waals surface area contributed by atoms with Gasteiger partial charge in [0, 0.05) is 35.5 Å². The molecule has 1 aromatic heterocycles. The van der Waals surface area contributed by atoms with Crippen LogP contribution in [0.15, 0.2) is 40.9 Å². The molecule has 4 rings (SSSR count). The highest BCUT2D eigenvalue weighted by molar-refractivity contribution is 9.10. The normalized spacial score (nSPS) is 23.8. The number of fused-ring (bicyclic) bond motifs is 1. The summed E-state index contributed by atoms with van der Waals surface area (Å²) >= 11 is 5.04. The number of nitrogens with one attached hydrogen (secondary N) is 1. The number of amides is 1. The number of nitrogens with zero attached hydrogens (tertiary/aromatic N) is 1. The zero-order valence-corrected chi connectivity index (χ0v) is 14.5. The van der Waals surface area contributed by atoms with Gasteiger partial charge in [-0.25, -0.2) is 0 Å². The van der Waals surface area contributed by atoms with Crippen molar-refractivity contribution >= 4 is 33.2 Å². The molecule has 1 N–H and O–H groups in total. The molecule has 0 radical (unpaired) electrons. The number of hydrogen-bond acceptors (Lipinski definition) is 3. The van der Waals surface area contributed by atoms with Crippen LogP contribution in [0.4, 0.5) is 0 Å². The second kappa shape index (κ2) is 5.80. The summed E-state index contributed by atoms with van der Waals surface area (Å²) in [4.78, 5) is 16.7. The van der Waals surface area contributed by atoms with Crippen molar-refractivity contribution in [3.8, 4) is 10.4 Å². The monoisotopic (exact) mass is 376 g/mol. The van der Waals surface area contributed by atoms with E-state index in [1.165, 1.54) is 0 Å². The molecule has 2 aliphatic heterocycles. The van der Waals surface area contributed by atoms with Crippen LogP contribution in [0, 0.1) is 11.8 Å². The van der Waals surface area contributed by atoms with E-state index in [4.69, 9.17) is 0 Å². The maximum atomic E-state index is 12.7. The third-order valence-electron chi connectivity index (χ3n) is 4.62. The van der Waals surface area contributed by atoms with Gasteiger partial charge < -0.3 is 10.2 Å². The van der Waals surface area contributed by atoms with E-state index < -0.39 is 0 Å². The predicted molar refractivity (Wildman–Crippen MR) is 93.2 cm³/mol. The van der Waals surface area contributed by atoms with Gasteiger partial charge in [-0.2, -0.15) is 0 Å². The molecule has 3 heterocycles. The second-order valence-corrected chi connectivity index (χ2v) is 8.06. The van der Waals surface area contributed by atoms with Gasteiger partial charge >= 0.3 is 0 Å². The first-order valence-corrected chi connectivity index (χ1v) is 9.17. The lowest BCUT2D eigenvalue weighted by Crippen LogP contribution is -2.31. The first kappa shape index (κ1) is 14.4. The van der Waals surface area contributed by atoms with E-state index in [0.717, 1.165) is 46.0 Å². The number of carbonyl (C=O) groups excluding carboxylic acids is 1. The number of rotatable bonds is 2. The van der Waals surface area contributed by atoms with Crippen molar-refractivity contribution in [1.29, 1.82) is 0 Å². The average molecular weight is 377 g/mol. The summed E-state index contributed by atoms with van der Waals surface area (Å²) < 4.78 is 1.07. The number of benzene rings is 1. The molecule has 2 atom stereocenters. The highest BCUT2D eigenvalue weighted by atomic mass is 79.9. The molecule has 114 valence electrons. The van der Waals surface area contributed by atoms with Crippen LogP contribution in [0.5, 0.6) is 0 Å². The Hall–Kier alpha value is -1.17. The van der Waals surface area contributed by atoms with Gasteiger partial charge in [0.15, 0.2) is 0 Å². The molecule has 3 nitrogen and oxygen atoms in total. The summed E-state index contributed by atoms with van der Waals surface area (Å²) in [5.41, 5.74) is 1.16. The molecular formula is C17H17BrN2OS. The molecule has 0 spiro atoms. The molecule has 2 aliphatic rings. The van der Waals surface area contributed by atoms with Gasteiger partial charge in [-0.1, -0.05) is 28.1 Å². The molecule has 22 heavy (non-hydrogen) atoms. The predicted octanol–water partition coefficient (Wildman–Crippen LogP) is 3.47. The SMILES string of the molecule is O=C(c1ccc(-c2ccc(Br)cc2)s1)N1C[C@H]2CNC[C@H]2C1. The highest BCUT2D eigenvalue weighted by Gasteiger charge is 2.38. The molecule has 2 saturated heterocycles. The molecule has 2 fully saturated rings. The second-order valence-electron chi connectivity index (χ2n) is 6.06. The molecule has 0 bridgehead atoms. The summed E-state index contributed by atoms with van der Waals surface area (Å²) in [6, 6.07) is 12.2. The van der Waals surface area contributed by atoms with Crippen molar-refractivity contribution in [3.63, 3.8) is 0 Å². The van der Waals surface area contributed by atoms with E-state index in [-0.39, 0.29) is 5.91 Å². The van der Waals surface area contributed by atoms with E-state index in [2.05, 4.69) is 39.4 Å². The van der Waals surface area contributed by atoms with Gasteiger partial charge in [0.2, 0.25) is 0 Å². The Morgan fingerprint density at radius 3 is 2.45 bits per heavy atom. The fraction of sp³-hybridized carbons (Fsp3) is 0.353. The van der Waals surface area contributed by atoms with E-state index in [0.29, 0.717) is 11.8 Å². The summed E-state index contributed by atoms with van der Waals surface area (Å²) in [6.07, 6.45) is 0. The van der Waals surface area contributed by atoms with Crippen LogP contribution < -0.4 is 5.32 Å². The van der Waals surface area contributed by atoms with Gasteiger partial charge in [-0.05, 0) is 41.7 Å². The van der Waals surface area contributed by atoms with Crippen molar-refractivity contribution in [1.82, 2.24) is 10.2 Å². The third-order valence-corrected chi connectivity index (χ3v) is 6.27. The smallest absolute Gasteiger partial charge is 0.263 e. The summed E-state index contributed by atoms with van der Waals surface area (Å²) in [5, 5.41) is 3.41. The lowest BCUT2D eigenvalue weighted by Gasteiger charge is -2.16. The number of hydrogen-bond donors (Lipinski definition) is 1. The van der Waals surface area contributed by atoms with Crippen LogP contribution in [0.2, 0.25) is 0 Å². The summed E-state index contributed by atoms with van der Waals surface area (Å²) in [7, 11) is 0. The molecule has 1 aromatic carbocycles. The highest BCUT2D eigenvalue weighted by Crippen LogP contribution is 2.32. The van der Waals surface area contributed by atoms with Crippen LogP contribution in [-0.2, 0) is 0 Å². The van der Waals surface area contributed by atoms with Gasteiger partial charge in [0.25, 0.3) is 5.91 Å². The molecule has 1 amide bonds. The first-order chi connectivity index (χ1) is 10.7. The quantitative estimate of drug-likeness (QED) is 0.869. The lowest BCUT2D eigenvalue weighted by molar-refractivity contribution is 0.0786. The molecule has 2 aromatic rings. The Labute approximate surface area is 142 Å². The van der Waals surface area contributed by atoms with Crippen LogP contribution in [0.1, 0.15) is 9.67 Å². The summed E-state index contributed by atoms with van der Waals surface area (Å²) in [5.74, 6) is 1.49. The van der Waals surface area contributed by atoms with Crippen LogP contribution >= 0.6 is 27.3 Å². The number of likely N-dealkylation sites (tertiary alicyclic amines) is 1. The Morgan fingerprint density at radius 1 is 1.09 bits per heavy atom. The molecule has 0 unspecified atom stereocenters. The lowest BCUT2D eigenvalue weighted by atomic mass is 10.0. The maximum Gasteiger partial charge on any atom is 0.263 e. The Balaban J connectivity index is 1.51. The van der Waals surface area contributed by atoms with E-state index in [1.807, 2.05) is 23.1 Å². The average Bonchev–Trinajstić information content (AvgIpc) is 3.22. The first-order valence-electron chi connectivity index (χ1n) is 7.56. The minimum absolute atomic E-state index is 0.197. The van der Waals surface area contributed by atoms with Gasteiger partial charge in [-0.3, -0.25) is 4.79 Å². The van der Waals surface area contributed by atoms with Crippen LogP contribution in [0.3, 0.4) is 0 Å². The van der Waals surface area contributed by atoms with Gasteiger partial charge in [0.1, 0.15) is 0 Å². The van der Waals surface area contributed by atoms with E-state index in [9.17, 15) is 4.79 Å². The van der Waals surface area contributed by atoms with Crippen LogP contribution in [0.25, 0.3) is 10.4 Å². The Bertz CT molecular complexity index is 685. The zero-order chi connectivity index (χ0) is 15.1. The van der Waals surface area contributed by atoms with Crippen molar-refractivity contribution in [2.45, 2.75) is 0 Å². The van der Waals surface area contributed by atoms with Crippen LogP contribution in [-0.4, -0.2) is 37.0 Å². The standard InChI is InChI=1S/C17H17BrN2OS/c18-14-3-1-11(2-4-14)15-5-6-16(22-15)17(21)20-9-12-7-19-8-13(12)10-20/h1-6,12-13,19H,7-10H2/t12-,13+. The van der Waals surface area contributed by atoms with Gasteiger partial charge in [0.05, 0.1) is 4.88 Å². The maximum absolute atomic E-state index is 12.7. The minimum atomic E-state index is 0.197. The zero-order valence-electron chi connectivity index (χ0n) is 12.1. The fourth-order valence-electron chi connectivity index (χ4n) is 3.40. The van der Waals surface area contributed by atoms with Crippen molar-refractivity contribution in [2.24, 2.45) is 11.8 Å². The largest absolute Gasteiger partial charge is 0.337 e. The van der Waals surface area contributed by atoms with E-state index >= 15 is 0 Å². The molecule has 0 aliphatic carbocycles. The summed E-state index contributed by atoms with van der Waals surface area (Å²) in [6.45, 7) is 3.93. The Morgan fingerprint density at radius 2 is 1.77 bits per heavy atom. The number of thiophene rings is 1. The minimum Gasteiger partial charge on any atom is -0.337 e. The number of halogens is 1. The van der Waals surface area contributed by atoms with Crippen molar-refractivity contribution in [3.05, 3.63) is 45.7 Å². The molecular weight excluding hydrogens is 360 g/mol. The molecule has 5 heteroatoms. The van der Waals surface area contributed by atoms with Crippen molar-refractivity contribution < 1.29 is 4.79 Å². The fourth-order valence-corrected chi connectivity index (χ4v) is 4.64. The number of carbonyl (C=O) groups is 1. The molecule has 0 saturated carbocycles.